The molecule has 3 aromatic rings. The fourth-order valence-electron chi connectivity index (χ4n) is 3.36. The molecule has 6 nitrogen and oxygen atoms in total. The Kier molecular flexibility index (Phi) is 7.85. The maximum absolute atomic E-state index is 12.2. The number of nitrogens with one attached hydrogen (secondary N) is 1. The number of halogens is 1. The van der Waals surface area contributed by atoms with Gasteiger partial charge in [0.05, 0.1) is 28.2 Å². The van der Waals surface area contributed by atoms with E-state index in [0.717, 1.165) is 42.5 Å². The number of unbranched alkanes of at least 4 members (excludes halogenated alkanes) is 2. The molecule has 30 heavy (non-hydrogen) atoms. The predicted octanol–water partition coefficient (Wildman–Crippen LogP) is 4.40. The van der Waals surface area contributed by atoms with E-state index < -0.39 is 0 Å². The normalized spacial score (nSPS) is 10.9. The van der Waals surface area contributed by atoms with Gasteiger partial charge in [0.25, 0.3) is 5.91 Å². The number of esters is 1. The number of carbonyl (C=O) groups is 2. The number of rotatable bonds is 10. The van der Waals surface area contributed by atoms with E-state index in [1.807, 2.05) is 28.8 Å². The van der Waals surface area contributed by atoms with Gasteiger partial charge in [0.1, 0.15) is 12.4 Å². The summed E-state index contributed by atoms with van der Waals surface area (Å²) in [5, 5.41) is 3.36. The minimum Gasteiger partial charge on any atom is -0.465 e. The molecule has 158 valence electrons. The summed E-state index contributed by atoms with van der Waals surface area (Å²) in [7, 11) is 0. The summed E-state index contributed by atoms with van der Waals surface area (Å²) in [5.74, 6) is 0.463. The monoisotopic (exact) mass is 427 g/mol. The van der Waals surface area contributed by atoms with Crippen LogP contribution >= 0.6 is 11.6 Å². The second kappa shape index (κ2) is 10.8. The van der Waals surface area contributed by atoms with Crippen LogP contribution < -0.4 is 5.32 Å². The number of nitrogens with zero attached hydrogens (tertiary/aromatic N) is 2. The summed E-state index contributed by atoms with van der Waals surface area (Å²) in [6, 6.07) is 14.8. The largest absolute Gasteiger partial charge is 0.465 e. The molecule has 0 aliphatic rings. The van der Waals surface area contributed by atoms with Gasteiger partial charge in [-0.2, -0.15) is 0 Å². The van der Waals surface area contributed by atoms with E-state index in [1.165, 1.54) is 0 Å². The Morgan fingerprint density at radius 3 is 2.63 bits per heavy atom. The lowest BCUT2D eigenvalue weighted by Gasteiger charge is -2.09. The number of hydrogen-bond donors (Lipinski definition) is 1. The second-order valence-corrected chi connectivity index (χ2v) is 7.36. The molecule has 0 unspecified atom stereocenters. The Balaban J connectivity index is 1.50. The van der Waals surface area contributed by atoms with Gasteiger partial charge >= 0.3 is 5.97 Å². The summed E-state index contributed by atoms with van der Waals surface area (Å²) in [6.07, 6.45) is 3.46. The van der Waals surface area contributed by atoms with Crippen LogP contribution in [0.15, 0.2) is 48.5 Å². The minimum atomic E-state index is -0.260. The van der Waals surface area contributed by atoms with Crippen molar-refractivity contribution in [2.45, 2.75) is 39.2 Å². The van der Waals surface area contributed by atoms with Gasteiger partial charge < -0.3 is 14.6 Å². The molecule has 1 amide bonds. The minimum absolute atomic E-state index is 0.156. The summed E-state index contributed by atoms with van der Waals surface area (Å²) in [4.78, 5) is 28.9. The lowest BCUT2D eigenvalue weighted by atomic mass is 10.1. The second-order valence-electron chi connectivity index (χ2n) is 6.95. The number of fused-ring (bicyclic) bond motifs is 1. The van der Waals surface area contributed by atoms with Crippen molar-refractivity contribution in [3.05, 3.63) is 64.9 Å². The van der Waals surface area contributed by atoms with E-state index in [0.29, 0.717) is 23.7 Å². The van der Waals surface area contributed by atoms with Crippen molar-refractivity contribution in [2.75, 3.05) is 13.2 Å². The summed E-state index contributed by atoms with van der Waals surface area (Å²) in [6.45, 7) is 2.91. The molecule has 1 heterocycles. The molecule has 0 bridgehead atoms. The van der Waals surface area contributed by atoms with Crippen LogP contribution in [0.1, 0.15) is 42.4 Å². The molecular formula is C23H26ClN3O3. The quantitative estimate of drug-likeness (QED) is 0.384. The number of aromatic nitrogens is 2. The van der Waals surface area contributed by atoms with Gasteiger partial charge in [-0.05, 0) is 44.0 Å². The summed E-state index contributed by atoms with van der Waals surface area (Å²) in [5.41, 5.74) is 2.31. The van der Waals surface area contributed by atoms with E-state index in [4.69, 9.17) is 21.3 Å². The van der Waals surface area contributed by atoms with E-state index in [2.05, 4.69) is 5.32 Å². The molecule has 0 aliphatic carbocycles. The van der Waals surface area contributed by atoms with Gasteiger partial charge in [-0.3, -0.25) is 9.59 Å². The van der Waals surface area contributed by atoms with Crippen molar-refractivity contribution in [3.8, 4) is 0 Å². The fourth-order valence-corrected chi connectivity index (χ4v) is 3.58. The first-order chi connectivity index (χ1) is 14.6. The van der Waals surface area contributed by atoms with Crippen molar-refractivity contribution in [1.29, 1.82) is 0 Å². The maximum atomic E-state index is 12.2. The molecule has 0 fully saturated rings. The topological polar surface area (TPSA) is 73.2 Å². The van der Waals surface area contributed by atoms with Crippen molar-refractivity contribution in [1.82, 2.24) is 14.9 Å². The SMILES string of the molecule is CCOC(=O)Cn1c(CCCCCNC(=O)c2ccccc2Cl)nc2ccccc21. The van der Waals surface area contributed by atoms with Crippen molar-refractivity contribution in [3.63, 3.8) is 0 Å². The number of ether oxygens (including phenoxy) is 1. The van der Waals surface area contributed by atoms with Crippen LogP contribution in [0.25, 0.3) is 11.0 Å². The molecular weight excluding hydrogens is 402 g/mol. The van der Waals surface area contributed by atoms with Gasteiger partial charge in [0.2, 0.25) is 0 Å². The Morgan fingerprint density at radius 1 is 1.07 bits per heavy atom. The zero-order chi connectivity index (χ0) is 21.3. The lowest BCUT2D eigenvalue weighted by molar-refractivity contribution is -0.143. The van der Waals surface area contributed by atoms with Crippen LogP contribution in [0, 0.1) is 0 Å². The molecule has 0 spiro atoms. The first kappa shape index (κ1) is 21.8. The van der Waals surface area contributed by atoms with E-state index in [9.17, 15) is 9.59 Å². The van der Waals surface area contributed by atoms with Gasteiger partial charge in [-0.15, -0.1) is 0 Å². The first-order valence-corrected chi connectivity index (χ1v) is 10.6. The lowest BCUT2D eigenvalue weighted by Crippen LogP contribution is -2.24. The number of hydrogen-bond acceptors (Lipinski definition) is 4. The van der Waals surface area contributed by atoms with Crippen LogP contribution in [-0.2, 0) is 22.5 Å². The molecule has 1 N–H and O–H groups in total. The Morgan fingerprint density at radius 2 is 1.83 bits per heavy atom. The third-order valence-electron chi connectivity index (χ3n) is 4.81. The van der Waals surface area contributed by atoms with Crippen LogP contribution in [0.4, 0.5) is 0 Å². The predicted molar refractivity (Wildman–Crippen MR) is 118 cm³/mol. The Bertz CT molecular complexity index is 1020. The van der Waals surface area contributed by atoms with Crippen LogP contribution in [0.3, 0.4) is 0 Å². The number of para-hydroxylation sites is 2. The highest BCUT2D eigenvalue weighted by molar-refractivity contribution is 6.33. The average Bonchev–Trinajstić information content (AvgIpc) is 3.08. The Labute approximate surface area is 181 Å². The molecule has 0 atom stereocenters. The van der Waals surface area contributed by atoms with Crippen molar-refractivity contribution < 1.29 is 14.3 Å². The number of benzene rings is 2. The summed E-state index contributed by atoms with van der Waals surface area (Å²) >= 11 is 6.05. The number of aryl methyl sites for hydroxylation is 1. The van der Waals surface area contributed by atoms with E-state index in [-0.39, 0.29) is 18.4 Å². The van der Waals surface area contributed by atoms with E-state index >= 15 is 0 Å². The van der Waals surface area contributed by atoms with Crippen molar-refractivity contribution in [2.24, 2.45) is 0 Å². The molecule has 0 aliphatic heterocycles. The van der Waals surface area contributed by atoms with Gasteiger partial charge in [0.15, 0.2) is 0 Å². The zero-order valence-corrected chi connectivity index (χ0v) is 17.8. The standard InChI is InChI=1S/C23H26ClN3O3/c1-2-30-22(28)16-27-20-13-8-7-12-19(20)26-21(27)14-4-3-9-15-25-23(29)17-10-5-6-11-18(17)24/h5-8,10-13H,2-4,9,14-16H2,1H3,(H,25,29). The highest BCUT2D eigenvalue weighted by Gasteiger charge is 2.14. The zero-order valence-electron chi connectivity index (χ0n) is 17.1. The van der Waals surface area contributed by atoms with Gasteiger partial charge in [-0.25, -0.2) is 4.98 Å². The van der Waals surface area contributed by atoms with Gasteiger partial charge in [-0.1, -0.05) is 42.3 Å². The molecule has 1 aromatic heterocycles. The highest BCUT2D eigenvalue weighted by Crippen LogP contribution is 2.18. The third kappa shape index (κ3) is 5.60. The number of imidazole rings is 1. The number of amides is 1. The van der Waals surface area contributed by atoms with Gasteiger partial charge in [0, 0.05) is 13.0 Å². The smallest absolute Gasteiger partial charge is 0.326 e. The van der Waals surface area contributed by atoms with Crippen LogP contribution in [-0.4, -0.2) is 34.6 Å². The molecule has 0 saturated carbocycles. The van der Waals surface area contributed by atoms with E-state index in [1.54, 1.807) is 31.2 Å². The molecule has 7 heteroatoms. The van der Waals surface area contributed by atoms with Crippen molar-refractivity contribution >= 4 is 34.5 Å². The van der Waals surface area contributed by atoms with Crippen LogP contribution in [0.5, 0.6) is 0 Å². The Hall–Kier alpha value is -2.86. The maximum Gasteiger partial charge on any atom is 0.326 e. The third-order valence-corrected chi connectivity index (χ3v) is 5.14. The van der Waals surface area contributed by atoms with Crippen LogP contribution in [0.2, 0.25) is 5.02 Å². The molecule has 2 aromatic carbocycles. The molecule has 0 radical (unpaired) electrons. The fraction of sp³-hybridized carbons (Fsp3) is 0.348. The highest BCUT2D eigenvalue weighted by atomic mass is 35.5. The first-order valence-electron chi connectivity index (χ1n) is 10.2. The number of carbonyl (C=O) groups excluding carboxylic acids is 2. The average molecular weight is 428 g/mol. The molecule has 3 rings (SSSR count). The molecule has 0 saturated heterocycles. The summed E-state index contributed by atoms with van der Waals surface area (Å²) < 4.78 is 7.04.